The number of nitrogens with one attached hydrogen (secondary N) is 1. The van der Waals surface area contributed by atoms with Crippen LogP contribution in [0.25, 0.3) is 0 Å². The molecule has 3 nitrogen and oxygen atoms in total. The van der Waals surface area contributed by atoms with E-state index in [0.717, 1.165) is 19.5 Å². The summed E-state index contributed by atoms with van der Waals surface area (Å²) in [6, 6.07) is 0. The molecule has 1 aliphatic heterocycles. The molecule has 3 heteroatoms. The third-order valence-electron chi connectivity index (χ3n) is 2.47. The smallest absolute Gasteiger partial charge is 0.0484 e. The minimum atomic E-state index is 0.0859. The van der Waals surface area contributed by atoms with Crippen LogP contribution in [-0.4, -0.2) is 36.5 Å². The van der Waals surface area contributed by atoms with Gasteiger partial charge in [-0.3, -0.25) is 0 Å². The summed E-state index contributed by atoms with van der Waals surface area (Å²) in [7, 11) is 0. The van der Waals surface area contributed by atoms with E-state index in [1.807, 2.05) is 0 Å². The Bertz CT molecular complexity index is 98.3. The fourth-order valence-corrected chi connectivity index (χ4v) is 1.64. The van der Waals surface area contributed by atoms with Crippen LogP contribution in [0.4, 0.5) is 0 Å². The topological polar surface area (TPSA) is 52.5 Å². The van der Waals surface area contributed by atoms with Crippen molar-refractivity contribution in [2.45, 2.75) is 12.8 Å². The van der Waals surface area contributed by atoms with E-state index in [1.165, 1.54) is 6.42 Å². The van der Waals surface area contributed by atoms with Crippen molar-refractivity contribution in [2.24, 2.45) is 11.8 Å². The lowest BCUT2D eigenvalue weighted by Crippen LogP contribution is -2.36. The Labute approximate surface area is 67.4 Å². The number of piperidine rings is 1. The summed E-state index contributed by atoms with van der Waals surface area (Å²) < 4.78 is 0. The lowest BCUT2D eigenvalue weighted by atomic mass is 9.87. The van der Waals surface area contributed by atoms with Gasteiger partial charge in [0.2, 0.25) is 0 Å². The van der Waals surface area contributed by atoms with E-state index in [-0.39, 0.29) is 19.1 Å². The average molecular weight is 159 g/mol. The minimum Gasteiger partial charge on any atom is -0.396 e. The zero-order valence-corrected chi connectivity index (χ0v) is 6.79. The average Bonchev–Trinajstić information content (AvgIpc) is 2.09. The summed E-state index contributed by atoms with van der Waals surface area (Å²) in [5, 5.41) is 21.0. The van der Waals surface area contributed by atoms with Crippen LogP contribution in [0.3, 0.4) is 0 Å². The molecule has 1 heterocycles. The van der Waals surface area contributed by atoms with Crippen LogP contribution in [0.15, 0.2) is 0 Å². The molecule has 0 bridgehead atoms. The molecule has 0 saturated carbocycles. The van der Waals surface area contributed by atoms with Crippen molar-refractivity contribution in [3.05, 3.63) is 0 Å². The molecule has 1 aliphatic rings. The van der Waals surface area contributed by atoms with Gasteiger partial charge in [0.05, 0.1) is 0 Å². The Balaban J connectivity index is 2.30. The third-order valence-corrected chi connectivity index (χ3v) is 2.47. The summed E-state index contributed by atoms with van der Waals surface area (Å²) in [4.78, 5) is 0. The van der Waals surface area contributed by atoms with Gasteiger partial charge in [0.1, 0.15) is 0 Å². The summed E-state index contributed by atoms with van der Waals surface area (Å²) in [5.41, 5.74) is 0. The highest BCUT2D eigenvalue weighted by molar-refractivity contribution is 4.75. The molecule has 1 fully saturated rings. The third kappa shape index (κ3) is 2.43. The predicted octanol–water partition coefficient (Wildman–Crippen LogP) is -0.413. The van der Waals surface area contributed by atoms with E-state index in [1.54, 1.807) is 0 Å². The SMILES string of the molecule is OCC(CO)[C@H]1CCCNC1. The molecule has 0 aromatic heterocycles. The zero-order valence-electron chi connectivity index (χ0n) is 6.79. The molecule has 0 radical (unpaired) electrons. The van der Waals surface area contributed by atoms with E-state index < -0.39 is 0 Å². The number of aliphatic hydroxyl groups excluding tert-OH is 2. The van der Waals surface area contributed by atoms with Crippen molar-refractivity contribution in [1.29, 1.82) is 0 Å². The molecule has 11 heavy (non-hydrogen) atoms. The fraction of sp³-hybridized carbons (Fsp3) is 1.00. The van der Waals surface area contributed by atoms with Gasteiger partial charge in [-0.1, -0.05) is 0 Å². The monoisotopic (exact) mass is 159 g/mol. The highest BCUT2D eigenvalue weighted by atomic mass is 16.3. The van der Waals surface area contributed by atoms with Crippen molar-refractivity contribution < 1.29 is 10.2 Å². The second kappa shape index (κ2) is 4.70. The Morgan fingerprint density at radius 3 is 2.55 bits per heavy atom. The fourth-order valence-electron chi connectivity index (χ4n) is 1.64. The van der Waals surface area contributed by atoms with Crippen molar-refractivity contribution >= 4 is 0 Å². The maximum atomic E-state index is 8.89. The van der Waals surface area contributed by atoms with E-state index in [0.29, 0.717) is 5.92 Å². The highest BCUT2D eigenvalue weighted by Crippen LogP contribution is 2.18. The van der Waals surface area contributed by atoms with Crippen LogP contribution < -0.4 is 5.32 Å². The lowest BCUT2D eigenvalue weighted by Gasteiger charge is -2.28. The van der Waals surface area contributed by atoms with Gasteiger partial charge in [-0.25, -0.2) is 0 Å². The summed E-state index contributed by atoms with van der Waals surface area (Å²) in [6.45, 7) is 2.26. The Hall–Kier alpha value is -0.120. The van der Waals surface area contributed by atoms with Crippen molar-refractivity contribution in [2.75, 3.05) is 26.3 Å². The van der Waals surface area contributed by atoms with Gasteiger partial charge in [0, 0.05) is 19.1 Å². The van der Waals surface area contributed by atoms with Gasteiger partial charge in [0.15, 0.2) is 0 Å². The second-order valence-corrected chi connectivity index (χ2v) is 3.23. The van der Waals surface area contributed by atoms with Crippen molar-refractivity contribution in [3.63, 3.8) is 0 Å². The van der Waals surface area contributed by atoms with Gasteiger partial charge in [-0.05, 0) is 31.8 Å². The van der Waals surface area contributed by atoms with Crippen LogP contribution in [0.5, 0.6) is 0 Å². The lowest BCUT2D eigenvalue weighted by molar-refractivity contribution is 0.0940. The van der Waals surface area contributed by atoms with Crippen LogP contribution >= 0.6 is 0 Å². The van der Waals surface area contributed by atoms with Crippen molar-refractivity contribution in [1.82, 2.24) is 5.32 Å². The first-order valence-electron chi connectivity index (χ1n) is 4.31. The maximum Gasteiger partial charge on any atom is 0.0484 e. The summed E-state index contributed by atoms with van der Waals surface area (Å²) in [6.07, 6.45) is 2.31. The van der Waals surface area contributed by atoms with Crippen molar-refractivity contribution in [3.8, 4) is 0 Å². The van der Waals surface area contributed by atoms with E-state index in [4.69, 9.17) is 10.2 Å². The molecule has 66 valence electrons. The summed E-state index contributed by atoms with van der Waals surface area (Å²) in [5.74, 6) is 0.557. The largest absolute Gasteiger partial charge is 0.396 e. The second-order valence-electron chi connectivity index (χ2n) is 3.23. The Kier molecular flexibility index (Phi) is 3.83. The zero-order chi connectivity index (χ0) is 8.10. The highest BCUT2D eigenvalue weighted by Gasteiger charge is 2.21. The first-order valence-corrected chi connectivity index (χ1v) is 4.31. The summed E-state index contributed by atoms with van der Waals surface area (Å²) >= 11 is 0. The van der Waals surface area contributed by atoms with Gasteiger partial charge in [-0.15, -0.1) is 0 Å². The first-order chi connectivity index (χ1) is 5.38. The van der Waals surface area contributed by atoms with E-state index in [2.05, 4.69) is 5.32 Å². The van der Waals surface area contributed by atoms with Gasteiger partial charge in [-0.2, -0.15) is 0 Å². The number of rotatable bonds is 3. The standard InChI is InChI=1S/C8H17NO2/c10-5-8(6-11)7-2-1-3-9-4-7/h7-11H,1-6H2/t7-/m0/s1. The van der Waals surface area contributed by atoms with Gasteiger partial charge in [0.25, 0.3) is 0 Å². The first kappa shape index (κ1) is 8.97. The molecule has 0 aliphatic carbocycles. The maximum absolute atomic E-state index is 8.89. The molecule has 3 N–H and O–H groups in total. The number of hydrogen-bond acceptors (Lipinski definition) is 3. The minimum absolute atomic E-state index is 0.0859. The Morgan fingerprint density at radius 2 is 2.09 bits per heavy atom. The van der Waals surface area contributed by atoms with Gasteiger partial charge < -0.3 is 15.5 Å². The molecule has 1 saturated heterocycles. The quantitative estimate of drug-likeness (QED) is 0.524. The molecule has 0 spiro atoms. The molecule has 1 rings (SSSR count). The Morgan fingerprint density at radius 1 is 1.36 bits per heavy atom. The molecule has 0 aromatic rings. The molecule has 0 amide bonds. The normalized spacial score (nSPS) is 25.9. The van der Waals surface area contributed by atoms with Crippen LogP contribution in [-0.2, 0) is 0 Å². The predicted molar refractivity (Wildman–Crippen MR) is 43.3 cm³/mol. The van der Waals surface area contributed by atoms with Crippen LogP contribution in [0.2, 0.25) is 0 Å². The van der Waals surface area contributed by atoms with Gasteiger partial charge >= 0.3 is 0 Å². The number of aliphatic hydroxyl groups is 2. The van der Waals surface area contributed by atoms with Crippen LogP contribution in [0.1, 0.15) is 12.8 Å². The molecular weight excluding hydrogens is 142 g/mol. The van der Waals surface area contributed by atoms with E-state index in [9.17, 15) is 0 Å². The molecular formula is C8H17NO2. The molecule has 0 aromatic carbocycles. The van der Waals surface area contributed by atoms with E-state index >= 15 is 0 Å². The molecule has 0 unspecified atom stereocenters. The molecule has 1 atom stereocenters. The van der Waals surface area contributed by atoms with Crippen LogP contribution in [0, 0.1) is 11.8 Å². The number of hydrogen-bond donors (Lipinski definition) is 3.